The number of carbonyl (C=O) groups is 1. The summed E-state index contributed by atoms with van der Waals surface area (Å²) in [6, 6.07) is 15.3. The van der Waals surface area contributed by atoms with Crippen molar-refractivity contribution in [3.05, 3.63) is 59.5 Å². The molecule has 3 nitrogen and oxygen atoms in total. The average molecular weight is 295 g/mol. The second kappa shape index (κ2) is 5.89. The van der Waals surface area contributed by atoms with E-state index in [0.717, 1.165) is 33.9 Å². The summed E-state index contributed by atoms with van der Waals surface area (Å²) in [5, 5.41) is 2.85. The Hall–Kier alpha value is -2.46. The van der Waals surface area contributed by atoms with Crippen molar-refractivity contribution < 1.29 is 9.53 Å². The minimum atomic E-state index is 0.660. The lowest BCUT2D eigenvalue weighted by Gasteiger charge is -2.01. The second-order valence-electron chi connectivity index (χ2n) is 4.47. The van der Waals surface area contributed by atoms with E-state index in [1.54, 1.807) is 13.2 Å². The van der Waals surface area contributed by atoms with Gasteiger partial charge in [0.05, 0.1) is 12.8 Å². The van der Waals surface area contributed by atoms with Crippen LogP contribution >= 0.6 is 11.3 Å². The molecular weight excluding hydrogens is 282 g/mol. The van der Waals surface area contributed by atoms with Gasteiger partial charge in [0.15, 0.2) is 6.29 Å². The van der Waals surface area contributed by atoms with Crippen molar-refractivity contribution in [1.82, 2.24) is 4.98 Å². The first-order chi connectivity index (χ1) is 10.3. The number of hydrogen-bond acceptors (Lipinski definition) is 4. The average Bonchev–Trinajstić information content (AvgIpc) is 3.04. The van der Waals surface area contributed by atoms with Crippen molar-refractivity contribution in [2.75, 3.05) is 7.11 Å². The standard InChI is InChI=1S/C17H13NO2S/c1-20-14-8-6-12(7-9-14)16-11-21-17(18-16)15-5-3-2-4-13(15)10-19/h2-11H,1H3. The monoisotopic (exact) mass is 295 g/mol. The topological polar surface area (TPSA) is 39.2 Å². The molecule has 0 N–H and O–H groups in total. The summed E-state index contributed by atoms with van der Waals surface area (Å²) in [6.07, 6.45) is 0.865. The minimum Gasteiger partial charge on any atom is -0.497 e. The summed E-state index contributed by atoms with van der Waals surface area (Å²) in [5.41, 5.74) is 3.46. The number of methoxy groups -OCH3 is 1. The van der Waals surface area contributed by atoms with Crippen LogP contribution in [0.25, 0.3) is 21.8 Å². The van der Waals surface area contributed by atoms with Crippen LogP contribution in [0.4, 0.5) is 0 Å². The van der Waals surface area contributed by atoms with E-state index in [1.165, 1.54) is 11.3 Å². The lowest BCUT2D eigenvalue weighted by atomic mass is 10.1. The Morgan fingerprint density at radius 1 is 1.10 bits per heavy atom. The summed E-state index contributed by atoms with van der Waals surface area (Å²) in [7, 11) is 1.65. The van der Waals surface area contributed by atoms with E-state index in [2.05, 4.69) is 4.98 Å². The maximum Gasteiger partial charge on any atom is 0.150 e. The van der Waals surface area contributed by atoms with Gasteiger partial charge in [-0.05, 0) is 24.3 Å². The third kappa shape index (κ3) is 2.71. The van der Waals surface area contributed by atoms with Gasteiger partial charge in [-0.3, -0.25) is 4.79 Å². The van der Waals surface area contributed by atoms with Crippen molar-refractivity contribution in [3.8, 4) is 27.6 Å². The van der Waals surface area contributed by atoms with E-state index in [9.17, 15) is 4.79 Å². The molecule has 0 fully saturated rings. The molecule has 0 aliphatic rings. The van der Waals surface area contributed by atoms with Crippen LogP contribution in [0.3, 0.4) is 0 Å². The summed E-state index contributed by atoms with van der Waals surface area (Å²) in [4.78, 5) is 15.7. The highest BCUT2D eigenvalue weighted by Crippen LogP contribution is 2.31. The van der Waals surface area contributed by atoms with Gasteiger partial charge >= 0.3 is 0 Å². The third-order valence-electron chi connectivity index (χ3n) is 3.21. The zero-order valence-corrected chi connectivity index (χ0v) is 12.3. The number of hydrogen-bond donors (Lipinski definition) is 0. The quantitative estimate of drug-likeness (QED) is 0.674. The van der Waals surface area contributed by atoms with Gasteiger partial charge in [0, 0.05) is 22.1 Å². The van der Waals surface area contributed by atoms with Crippen LogP contribution in [0.5, 0.6) is 5.75 Å². The molecule has 0 unspecified atom stereocenters. The molecule has 0 radical (unpaired) electrons. The number of carbonyl (C=O) groups excluding carboxylic acids is 1. The number of ether oxygens (including phenoxy) is 1. The molecular formula is C17H13NO2S. The lowest BCUT2D eigenvalue weighted by molar-refractivity contribution is 0.112. The van der Waals surface area contributed by atoms with Crippen LogP contribution in [0.15, 0.2) is 53.9 Å². The number of thiazole rings is 1. The first-order valence-electron chi connectivity index (χ1n) is 6.46. The van der Waals surface area contributed by atoms with Crippen molar-refractivity contribution >= 4 is 17.6 Å². The first kappa shape index (κ1) is 13.5. The zero-order chi connectivity index (χ0) is 14.7. The van der Waals surface area contributed by atoms with Crippen LogP contribution in [0, 0.1) is 0 Å². The molecule has 0 aliphatic heterocycles. The van der Waals surface area contributed by atoms with E-state index in [4.69, 9.17) is 4.74 Å². The van der Waals surface area contributed by atoms with Gasteiger partial charge in [-0.1, -0.05) is 24.3 Å². The summed E-state index contributed by atoms with van der Waals surface area (Å²) in [5.74, 6) is 0.820. The fraction of sp³-hybridized carbons (Fsp3) is 0.0588. The molecule has 0 saturated carbocycles. The maximum absolute atomic E-state index is 11.1. The van der Waals surface area contributed by atoms with Crippen LogP contribution in [0.2, 0.25) is 0 Å². The number of rotatable bonds is 4. The molecule has 104 valence electrons. The molecule has 2 aromatic carbocycles. The molecule has 0 bridgehead atoms. The molecule has 0 atom stereocenters. The van der Waals surface area contributed by atoms with Crippen molar-refractivity contribution in [2.24, 2.45) is 0 Å². The Bertz CT molecular complexity index is 762. The largest absolute Gasteiger partial charge is 0.497 e. The fourth-order valence-electron chi connectivity index (χ4n) is 2.09. The maximum atomic E-state index is 11.1. The molecule has 21 heavy (non-hydrogen) atoms. The fourth-order valence-corrected chi connectivity index (χ4v) is 2.96. The summed E-state index contributed by atoms with van der Waals surface area (Å²) in [6.45, 7) is 0. The van der Waals surface area contributed by atoms with E-state index in [-0.39, 0.29) is 0 Å². The molecule has 0 aliphatic carbocycles. The Morgan fingerprint density at radius 2 is 1.86 bits per heavy atom. The summed E-state index contributed by atoms with van der Waals surface area (Å²) >= 11 is 1.54. The molecule has 3 rings (SSSR count). The molecule has 3 aromatic rings. The molecule has 0 amide bonds. The SMILES string of the molecule is COc1ccc(-c2csc(-c3ccccc3C=O)n2)cc1. The van der Waals surface area contributed by atoms with Gasteiger partial charge < -0.3 is 4.74 Å². The van der Waals surface area contributed by atoms with Crippen molar-refractivity contribution in [2.45, 2.75) is 0 Å². The van der Waals surface area contributed by atoms with Gasteiger partial charge in [0.2, 0.25) is 0 Å². The first-order valence-corrected chi connectivity index (χ1v) is 7.34. The smallest absolute Gasteiger partial charge is 0.150 e. The molecule has 4 heteroatoms. The Kier molecular flexibility index (Phi) is 3.79. The second-order valence-corrected chi connectivity index (χ2v) is 5.33. The van der Waals surface area contributed by atoms with E-state index in [1.807, 2.05) is 47.8 Å². The summed E-state index contributed by atoms with van der Waals surface area (Å²) < 4.78 is 5.15. The highest BCUT2D eigenvalue weighted by Gasteiger charge is 2.10. The van der Waals surface area contributed by atoms with Crippen molar-refractivity contribution in [3.63, 3.8) is 0 Å². The van der Waals surface area contributed by atoms with Crippen LogP contribution < -0.4 is 4.74 Å². The zero-order valence-electron chi connectivity index (χ0n) is 11.4. The highest BCUT2D eigenvalue weighted by atomic mass is 32.1. The van der Waals surface area contributed by atoms with Crippen LogP contribution in [-0.4, -0.2) is 18.4 Å². The minimum absolute atomic E-state index is 0.660. The molecule has 0 spiro atoms. The predicted molar refractivity (Wildman–Crippen MR) is 84.9 cm³/mol. The highest BCUT2D eigenvalue weighted by molar-refractivity contribution is 7.13. The molecule has 0 saturated heterocycles. The Labute approximate surface area is 126 Å². The Balaban J connectivity index is 1.97. The molecule has 1 heterocycles. The van der Waals surface area contributed by atoms with E-state index >= 15 is 0 Å². The van der Waals surface area contributed by atoms with Gasteiger partial charge in [0.1, 0.15) is 10.8 Å². The van der Waals surface area contributed by atoms with Crippen LogP contribution in [-0.2, 0) is 0 Å². The number of aromatic nitrogens is 1. The normalized spacial score (nSPS) is 10.3. The van der Waals surface area contributed by atoms with Gasteiger partial charge in [-0.15, -0.1) is 11.3 Å². The Morgan fingerprint density at radius 3 is 2.57 bits per heavy atom. The van der Waals surface area contributed by atoms with E-state index < -0.39 is 0 Å². The number of benzene rings is 2. The number of nitrogens with zero attached hydrogens (tertiary/aromatic N) is 1. The lowest BCUT2D eigenvalue weighted by Crippen LogP contribution is -1.86. The van der Waals surface area contributed by atoms with Gasteiger partial charge in [-0.25, -0.2) is 4.98 Å². The van der Waals surface area contributed by atoms with Crippen molar-refractivity contribution in [1.29, 1.82) is 0 Å². The third-order valence-corrected chi connectivity index (χ3v) is 4.08. The van der Waals surface area contributed by atoms with Crippen LogP contribution in [0.1, 0.15) is 10.4 Å². The predicted octanol–water partition coefficient (Wildman–Crippen LogP) is 4.30. The molecule has 1 aromatic heterocycles. The van der Waals surface area contributed by atoms with Gasteiger partial charge in [-0.2, -0.15) is 0 Å². The number of aldehydes is 1. The van der Waals surface area contributed by atoms with Gasteiger partial charge in [0.25, 0.3) is 0 Å². The van der Waals surface area contributed by atoms with E-state index in [0.29, 0.717) is 5.56 Å².